The lowest BCUT2D eigenvalue weighted by molar-refractivity contribution is -0.130. The Balaban J connectivity index is 1.91. The molecule has 2 aromatic carbocycles. The van der Waals surface area contributed by atoms with Crippen molar-refractivity contribution in [1.82, 2.24) is 20.6 Å². The third-order valence-corrected chi connectivity index (χ3v) is 4.98. The standard InChI is InChI=1S/C25H32N6O4/c1-30(2)14-15-31(3)17-23(32)27-21-12-8-19(9-13-21)5-4-18-6-10-20(11-7-18)24(33)28-22(16-26)25(34)29-35/h6-13,22,35H,14-17,26H2,1-3H3,(H,27,32)(H,28,33)(H,29,34)/t22-/m0/s1. The van der Waals surface area contributed by atoms with Gasteiger partial charge in [0.05, 0.1) is 6.54 Å². The maximum atomic E-state index is 12.3. The van der Waals surface area contributed by atoms with E-state index in [2.05, 4.69) is 27.4 Å². The lowest BCUT2D eigenvalue weighted by atomic mass is 10.1. The van der Waals surface area contributed by atoms with Gasteiger partial charge in [-0.1, -0.05) is 11.8 Å². The molecule has 0 fully saturated rings. The van der Waals surface area contributed by atoms with Crippen molar-refractivity contribution in [2.24, 2.45) is 5.73 Å². The number of carbonyl (C=O) groups is 3. The fourth-order valence-electron chi connectivity index (χ4n) is 2.93. The highest BCUT2D eigenvalue weighted by Crippen LogP contribution is 2.10. The second-order valence-corrected chi connectivity index (χ2v) is 8.23. The lowest BCUT2D eigenvalue weighted by Gasteiger charge is -2.18. The Morgan fingerprint density at radius 3 is 2.03 bits per heavy atom. The number of benzene rings is 2. The van der Waals surface area contributed by atoms with Crippen molar-refractivity contribution in [1.29, 1.82) is 0 Å². The van der Waals surface area contributed by atoms with Gasteiger partial charge in [-0.15, -0.1) is 0 Å². The molecular weight excluding hydrogens is 448 g/mol. The number of hydroxylamine groups is 1. The zero-order valence-electron chi connectivity index (χ0n) is 20.2. The zero-order chi connectivity index (χ0) is 25.8. The highest BCUT2D eigenvalue weighted by atomic mass is 16.5. The summed E-state index contributed by atoms with van der Waals surface area (Å²) in [4.78, 5) is 39.9. The molecule has 10 heteroatoms. The quantitative estimate of drug-likeness (QED) is 0.184. The van der Waals surface area contributed by atoms with Gasteiger partial charge in [0.2, 0.25) is 5.91 Å². The summed E-state index contributed by atoms with van der Waals surface area (Å²) in [5, 5.41) is 14.0. The number of nitrogens with zero attached hydrogens (tertiary/aromatic N) is 2. The molecule has 35 heavy (non-hydrogen) atoms. The van der Waals surface area contributed by atoms with Gasteiger partial charge in [0.15, 0.2) is 0 Å². The summed E-state index contributed by atoms with van der Waals surface area (Å²) < 4.78 is 0. The zero-order valence-corrected chi connectivity index (χ0v) is 20.2. The van der Waals surface area contributed by atoms with E-state index < -0.39 is 17.9 Å². The van der Waals surface area contributed by atoms with E-state index in [4.69, 9.17) is 10.9 Å². The number of rotatable bonds is 10. The molecule has 3 amide bonds. The molecule has 2 aromatic rings. The molecule has 2 rings (SSSR count). The minimum Gasteiger partial charge on any atom is -0.339 e. The molecule has 0 aliphatic heterocycles. The second-order valence-electron chi connectivity index (χ2n) is 8.23. The number of nitrogens with two attached hydrogens (primary N) is 1. The second kappa shape index (κ2) is 13.8. The van der Waals surface area contributed by atoms with Crippen molar-refractivity contribution < 1.29 is 19.6 Å². The molecule has 0 saturated heterocycles. The van der Waals surface area contributed by atoms with Crippen LogP contribution >= 0.6 is 0 Å². The van der Waals surface area contributed by atoms with E-state index in [1.807, 2.05) is 38.2 Å². The minimum absolute atomic E-state index is 0.0796. The van der Waals surface area contributed by atoms with Crippen molar-refractivity contribution in [3.63, 3.8) is 0 Å². The number of hydrogen-bond acceptors (Lipinski definition) is 7. The first kappa shape index (κ1) is 27.5. The molecule has 0 bridgehead atoms. The third-order valence-electron chi connectivity index (χ3n) is 4.98. The van der Waals surface area contributed by atoms with E-state index in [1.54, 1.807) is 36.4 Å². The molecule has 0 aliphatic rings. The molecule has 0 heterocycles. The first-order valence-electron chi connectivity index (χ1n) is 11.0. The molecular formula is C25H32N6O4. The van der Waals surface area contributed by atoms with Crippen LogP contribution in [0.3, 0.4) is 0 Å². The summed E-state index contributed by atoms with van der Waals surface area (Å²) in [6, 6.07) is 12.7. The van der Waals surface area contributed by atoms with Gasteiger partial charge in [0.25, 0.3) is 11.8 Å². The first-order valence-corrected chi connectivity index (χ1v) is 11.0. The molecule has 10 nitrogen and oxygen atoms in total. The number of anilines is 1. The van der Waals surface area contributed by atoms with Crippen LogP contribution in [0.1, 0.15) is 21.5 Å². The Bertz CT molecular complexity index is 1060. The van der Waals surface area contributed by atoms with Crippen LogP contribution < -0.4 is 21.8 Å². The Morgan fingerprint density at radius 1 is 0.943 bits per heavy atom. The van der Waals surface area contributed by atoms with E-state index in [1.165, 1.54) is 5.48 Å². The van der Waals surface area contributed by atoms with E-state index in [0.29, 0.717) is 23.4 Å². The van der Waals surface area contributed by atoms with E-state index in [-0.39, 0.29) is 12.5 Å². The SMILES string of the molecule is CN(C)CCN(C)CC(=O)Nc1ccc(C#Cc2ccc(C(=O)N[C@@H](CN)C(=O)NO)cc2)cc1. The van der Waals surface area contributed by atoms with Crippen molar-refractivity contribution >= 4 is 23.4 Å². The number of carbonyl (C=O) groups excluding carboxylic acids is 3. The largest absolute Gasteiger partial charge is 0.339 e. The molecule has 0 aliphatic carbocycles. The van der Waals surface area contributed by atoms with Gasteiger partial charge in [-0.3, -0.25) is 24.5 Å². The van der Waals surface area contributed by atoms with Crippen molar-refractivity contribution in [2.45, 2.75) is 6.04 Å². The van der Waals surface area contributed by atoms with Crippen molar-refractivity contribution in [2.75, 3.05) is 52.6 Å². The van der Waals surface area contributed by atoms with Crippen LogP contribution in [0.25, 0.3) is 0 Å². The van der Waals surface area contributed by atoms with E-state index in [9.17, 15) is 14.4 Å². The van der Waals surface area contributed by atoms with Gasteiger partial charge in [-0.05, 0) is 69.7 Å². The molecule has 0 spiro atoms. The summed E-state index contributed by atoms with van der Waals surface area (Å²) >= 11 is 0. The van der Waals surface area contributed by atoms with Gasteiger partial charge >= 0.3 is 0 Å². The number of likely N-dealkylation sites (N-methyl/N-ethyl adjacent to an activating group) is 2. The van der Waals surface area contributed by atoms with Gasteiger partial charge in [0.1, 0.15) is 6.04 Å². The summed E-state index contributed by atoms with van der Waals surface area (Å²) in [6.07, 6.45) is 0. The Hall–Kier alpha value is -3.75. The maximum Gasteiger partial charge on any atom is 0.267 e. The van der Waals surface area contributed by atoms with Crippen LogP contribution in [0, 0.1) is 11.8 Å². The number of nitrogens with one attached hydrogen (secondary N) is 3. The predicted molar refractivity (Wildman–Crippen MR) is 134 cm³/mol. The Morgan fingerprint density at radius 2 is 1.51 bits per heavy atom. The summed E-state index contributed by atoms with van der Waals surface area (Å²) in [7, 11) is 5.90. The highest BCUT2D eigenvalue weighted by Gasteiger charge is 2.19. The van der Waals surface area contributed by atoms with Crippen molar-refractivity contribution in [3.05, 3.63) is 65.2 Å². The Kier molecular flexibility index (Phi) is 10.9. The fraction of sp³-hybridized carbons (Fsp3) is 0.320. The molecule has 0 unspecified atom stereocenters. The van der Waals surface area contributed by atoms with Crippen LogP contribution in [-0.4, -0.2) is 86.1 Å². The van der Waals surface area contributed by atoms with Gasteiger partial charge < -0.3 is 21.3 Å². The summed E-state index contributed by atoms with van der Waals surface area (Å²) in [5.74, 6) is 4.69. The third kappa shape index (κ3) is 9.56. The topological polar surface area (TPSA) is 140 Å². The highest BCUT2D eigenvalue weighted by molar-refractivity contribution is 5.97. The number of hydrogen-bond donors (Lipinski definition) is 5. The van der Waals surface area contributed by atoms with E-state index >= 15 is 0 Å². The number of amides is 3. The fourth-order valence-corrected chi connectivity index (χ4v) is 2.93. The van der Waals surface area contributed by atoms with Crippen LogP contribution in [0.15, 0.2) is 48.5 Å². The van der Waals surface area contributed by atoms with Crippen LogP contribution in [0.2, 0.25) is 0 Å². The van der Waals surface area contributed by atoms with Crippen LogP contribution in [-0.2, 0) is 9.59 Å². The molecule has 0 aromatic heterocycles. The van der Waals surface area contributed by atoms with Crippen LogP contribution in [0.5, 0.6) is 0 Å². The van der Waals surface area contributed by atoms with Crippen molar-refractivity contribution in [3.8, 4) is 11.8 Å². The van der Waals surface area contributed by atoms with Gasteiger partial charge in [-0.2, -0.15) is 0 Å². The summed E-state index contributed by atoms with van der Waals surface area (Å²) in [6.45, 7) is 1.84. The molecule has 0 radical (unpaired) electrons. The van der Waals surface area contributed by atoms with E-state index in [0.717, 1.165) is 18.7 Å². The molecule has 186 valence electrons. The maximum absolute atomic E-state index is 12.3. The average molecular weight is 481 g/mol. The lowest BCUT2D eigenvalue weighted by Crippen LogP contribution is -2.50. The molecule has 6 N–H and O–H groups in total. The van der Waals surface area contributed by atoms with Gasteiger partial charge in [0, 0.05) is 42.0 Å². The summed E-state index contributed by atoms with van der Waals surface area (Å²) in [5.41, 5.74) is 9.40. The molecule has 1 atom stereocenters. The Labute approximate surface area is 205 Å². The molecule has 0 saturated carbocycles. The monoisotopic (exact) mass is 480 g/mol. The smallest absolute Gasteiger partial charge is 0.267 e. The van der Waals surface area contributed by atoms with Crippen LogP contribution in [0.4, 0.5) is 5.69 Å². The average Bonchev–Trinajstić information content (AvgIpc) is 2.85. The first-order chi connectivity index (χ1) is 16.7. The minimum atomic E-state index is -1.04. The predicted octanol–water partition coefficient (Wildman–Crippen LogP) is 0.0808. The van der Waals surface area contributed by atoms with Gasteiger partial charge in [-0.25, -0.2) is 5.48 Å². The normalized spacial score (nSPS) is 11.4.